The zero-order valence-corrected chi connectivity index (χ0v) is 12.5. The van der Waals surface area contributed by atoms with Gasteiger partial charge in [0.2, 0.25) is 11.7 Å². The molecule has 1 aromatic carbocycles. The van der Waals surface area contributed by atoms with E-state index in [1.165, 1.54) is 6.07 Å². The summed E-state index contributed by atoms with van der Waals surface area (Å²) in [6.45, 7) is 0.687. The van der Waals surface area contributed by atoms with Crippen molar-refractivity contribution in [2.24, 2.45) is 11.7 Å². The molecule has 4 nitrogen and oxygen atoms in total. The summed E-state index contributed by atoms with van der Waals surface area (Å²) in [5, 5.41) is 3.85. The molecule has 0 aliphatic heterocycles. The predicted octanol–water partition coefficient (Wildman–Crippen LogP) is 3.99. The first-order chi connectivity index (χ1) is 11.0. The Morgan fingerprint density at radius 1 is 1.17 bits per heavy atom. The van der Waals surface area contributed by atoms with Gasteiger partial charge in [-0.05, 0) is 50.3 Å². The molecule has 0 atom stereocenters. The van der Waals surface area contributed by atoms with Gasteiger partial charge >= 0.3 is 6.18 Å². The minimum Gasteiger partial charge on any atom is -0.339 e. The second kappa shape index (κ2) is 6.31. The van der Waals surface area contributed by atoms with Crippen molar-refractivity contribution in [3.8, 4) is 11.4 Å². The molecule has 3 rings (SSSR count). The molecule has 2 N–H and O–H groups in total. The zero-order valence-electron chi connectivity index (χ0n) is 12.5. The normalized spacial score (nSPS) is 22.3. The van der Waals surface area contributed by atoms with Crippen LogP contribution in [0.5, 0.6) is 0 Å². The first-order valence-corrected chi connectivity index (χ1v) is 7.68. The summed E-state index contributed by atoms with van der Waals surface area (Å²) in [5.41, 5.74) is 5.27. The van der Waals surface area contributed by atoms with Crippen molar-refractivity contribution in [2.75, 3.05) is 6.54 Å². The Balaban J connectivity index is 1.77. The van der Waals surface area contributed by atoms with E-state index in [1.807, 2.05) is 0 Å². The third-order valence-corrected chi connectivity index (χ3v) is 4.42. The van der Waals surface area contributed by atoms with Gasteiger partial charge in [0, 0.05) is 11.5 Å². The van der Waals surface area contributed by atoms with Crippen LogP contribution in [0, 0.1) is 5.92 Å². The fraction of sp³-hybridized carbons (Fsp3) is 0.500. The van der Waals surface area contributed by atoms with Crippen molar-refractivity contribution in [3.63, 3.8) is 0 Å². The number of hydrogen-bond donors (Lipinski definition) is 1. The van der Waals surface area contributed by atoms with Crippen LogP contribution in [0.1, 0.15) is 43.1 Å². The highest BCUT2D eigenvalue weighted by molar-refractivity contribution is 5.55. The van der Waals surface area contributed by atoms with Crippen LogP contribution in [-0.2, 0) is 6.18 Å². The van der Waals surface area contributed by atoms with Crippen molar-refractivity contribution in [3.05, 3.63) is 35.7 Å². The molecule has 1 aliphatic rings. The average Bonchev–Trinajstić information content (AvgIpc) is 3.04. The van der Waals surface area contributed by atoms with Crippen molar-refractivity contribution < 1.29 is 17.7 Å². The summed E-state index contributed by atoms with van der Waals surface area (Å²) >= 11 is 0. The van der Waals surface area contributed by atoms with E-state index in [2.05, 4.69) is 10.1 Å². The van der Waals surface area contributed by atoms with E-state index in [-0.39, 0.29) is 11.7 Å². The zero-order chi connectivity index (χ0) is 16.4. The Bertz CT molecular complexity index is 661. The van der Waals surface area contributed by atoms with Gasteiger partial charge in [0.05, 0.1) is 5.56 Å². The van der Waals surface area contributed by atoms with E-state index in [0.29, 0.717) is 23.9 Å². The Kier molecular flexibility index (Phi) is 4.39. The monoisotopic (exact) mass is 325 g/mol. The van der Waals surface area contributed by atoms with Gasteiger partial charge in [-0.1, -0.05) is 17.3 Å². The van der Waals surface area contributed by atoms with E-state index in [0.717, 1.165) is 37.8 Å². The molecule has 0 saturated heterocycles. The van der Waals surface area contributed by atoms with Crippen molar-refractivity contribution in [1.29, 1.82) is 0 Å². The minimum atomic E-state index is -4.39. The number of benzene rings is 1. The van der Waals surface area contributed by atoms with Crippen LogP contribution in [0.2, 0.25) is 0 Å². The SMILES string of the molecule is NCC1CCC(c2nc(-c3cccc(C(F)(F)F)c3)no2)CC1. The molecule has 124 valence electrons. The molecule has 1 saturated carbocycles. The molecule has 0 unspecified atom stereocenters. The summed E-state index contributed by atoms with van der Waals surface area (Å²) in [4.78, 5) is 4.30. The molecular weight excluding hydrogens is 307 g/mol. The second-order valence-corrected chi connectivity index (χ2v) is 5.99. The quantitative estimate of drug-likeness (QED) is 0.927. The lowest BCUT2D eigenvalue weighted by Crippen LogP contribution is -2.20. The molecule has 1 fully saturated rings. The van der Waals surface area contributed by atoms with Crippen molar-refractivity contribution in [2.45, 2.75) is 37.8 Å². The molecule has 1 heterocycles. The van der Waals surface area contributed by atoms with Gasteiger partial charge in [-0.15, -0.1) is 0 Å². The summed E-state index contributed by atoms with van der Waals surface area (Å²) in [5.74, 6) is 1.42. The lowest BCUT2D eigenvalue weighted by Gasteiger charge is -2.24. The molecule has 0 spiro atoms. The number of aromatic nitrogens is 2. The maximum absolute atomic E-state index is 12.8. The van der Waals surface area contributed by atoms with Gasteiger partial charge in [-0.3, -0.25) is 0 Å². The minimum absolute atomic E-state index is 0.171. The molecule has 1 aromatic heterocycles. The Morgan fingerprint density at radius 3 is 2.57 bits per heavy atom. The highest BCUT2D eigenvalue weighted by Crippen LogP contribution is 2.36. The highest BCUT2D eigenvalue weighted by atomic mass is 19.4. The summed E-state index contributed by atoms with van der Waals surface area (Å²) in [7, 11) is 0. The molecule has 1 aliphatic carbocycles. The van der Waals surface area contributed by atoms with Gasteiger partial charge < -0.3 is 10.3 Å². The lowest BCUT2D eigenvalue weighted by atomic mass is 9.82. The molecule has 0 bridgehead atoms. The summed E-state index contributed by atoms with van der Waals surface area (Å²) < 4.78 is 43.6. The average molecular weight is 325 g/mol. The Hall–Kier alpha value is -1.89. The third kappa shape index (κ3) is 3.55. The first kappa shape index (κ1) is 16.0. The first-order valence-electron chi connectivity index (χ1n) is 7.68. The van der Waals surface area contributed by atoms with Crippen LogP contribution in [-0.4, -0.2) is 16.7 Å². The molecule has 23 heavy (non-hydrogen) atoms. The predicted molar refractivity (Wildman–Crippen MR) is 78.5 cm³/mol. The molecular formula is C16H18F3N3O. The smallest absolute Gasteiger partial charge is 0.339 e. The number of nitrogens with zero attached hydrogens (tertiary/aromatic N) is 2. The van der Waals surface area contributed by atoms with Gasteiger partial charge in [0.1, 0.15) is 0 Å². The van der Waals surface area contributed by atoms with Crippen LogP contribution in [0.4, 0.5) is 13.2 Å². The third-order valence-electron chi connectivity index (χ3n) is 4.42. The van der Waals surface area contributed by atoms with Gasteiger partial charge in [0.15, 0.2) is 0 Å². The lowest BCUT2D eigenvalue weighted by molar-refractivity contribution is -0.137. The fourth-order valence-electron chi connectivity index (χ4n) is 3.00. The summed E-state index contributed by atoms with van der Waals surface area (Å²) in [6.07, 6.45) is -0.508. The van der Waals surface area contributed by atoms with E-state index in [1.54, 1.807) is 6.07 Å². The van der Waals surface area contributed by atoms with Crippen LogP contribution < -0.4 is 5.73 Å². The van der Waals surface area contributed by atoms with E-state index < -0.39 is 11.7 Å². The van der Waals surface area contributed by atoms with Crippen LogP contribution in [0.3, 0.4) is 0 Å². The standard InChI is InChI=1S/C16H18F3N3O/c17-16(18,19)13-3-1-2-12(8-13)14-21-15(23-22-14)11-6-4-10(9-20)5-7-11/h1-3,8,10-11H,4-7,9,20H2. The van der Waals surface area contributed by atoms with Crippen LogP contribution in [0.25, 0.3) is 11.4 Å². The molecule has 7 heteroatoms. The maximum Gasteiger partial charge on any atom is 0.416 e. The number of alkyl halides is 3. The van der Waals surface area contributed by atoms with Crippen molar-refractivity contribution in [1.82, 2.24) is 10.1 Å². The van der Waals surface area contributed by atoms with E-state index in [4.69, 9.17) is 10.3 Å². The van der Waals surface area contributed by atoms with Gasteiger partial charge in [-0.25, -0.2) is 0 Å². The number of halogens is 3. The van der Waals surface area contributed by atoms with Gasteiger partial charge in [0.25, 0.3) is 0 Å². The van der Waals surface area contributed by atoms with E-state index >= 15 is 0 Å². The molecule has 2 aromatic rings. The highest BCUT2D eigenvalue weighted by Gasteiger charge is 2.31. The Morgan fingerprint density at radius 2 is 1.91 bits per heavy atom. The largest absolute Gasteiger partial charge is 0.416 e. The van der Waals surface area contributed by atoms with E-state index in [9.17, 15) is 13.2 Å². The number of nitrogens with two attached hydrogens (primary N) is 1. The Labute approximate surface area is 131 Å². The van der Waals surface area contributed by atoms with Crippen molar-refractivity contribution >= 4 is 0 Å². The van der Waals surface area contributed by atoms with Crippen LogP contribution >= 0.6 is 0 Å². The molecule has 0 radical (unpaired) electrons. The molecule has 0 amide bonds. The number of rotatable bonds is 3. The number of hydrogen-bond acceptors (Lipinski definition) is 4. The summed E-state index contributed by atoms with van der Waals surface area (Å²) in [6, 6.07) is 4.97. The van der Waals surface area contributed by atoms with Gasteiger partial charge in [-0.2, -0.15) is 18.2 Å². The topological polar surface area (TPSA) is 64.9 Å². The maximum atomic E-state index is 12.8. The van der Waals surface area contributed by atoms with Crippen LogP contribution in [0.15, 0.2) is 28.8 Å². The second-order valence-electron chi connectivity index (χ2n) is 5.99. The fourth-order valence-corrected chi connectivity index (χ4v) is 3.00.